The Bertz CT molecular complexity index is 668. The molecule has 0 spiro atoms. The first-order valence-electron chi connectivity index (χ1n) is 7.20. The number of carbonyl (C=O) groups is 1. The van der Waals surface area contributed by atoms with Crippen molar-refractivity contribution in [2.24, 2.45) is 5.41 Å². The van der Waals surface area contributed by atoms with Crippen molar-refractivity contribution >= 4 is 17.1 Å². The molecule has 2 N–H and O–H groups in total. The molecule has 0 bridgehead atoms. The summed E-state index contributed by atoms with van der Waals surface area (Å²) in [6, 6.07) is 5.74. The van der Waals surface area contributed by atoms with Gasteiger partial charge in [-0.15, -0.1) is 0 Å². The van der Waals surface area contributed by atoms with Gasteiger partial charge in [0.25, 0.3) is 0 Å². The SMILES string of the molecule is CCn1c(C(NC(=O)O)C(C)(C)C)nc2ccc(C)cc21. The molecule has 0 saturated heterocycles. The van der Waals surface area contributed by atoms with E-state index in [-0.39, 0.29) is 11.5 Å². The molecule has 0 aliphatic heterocycles. The van der Waals surface area contributed by atoms with Crippen LogP contribution >= 0.6 is 0 Å². The minimum atomic E-state index is -1.03. The zero-order valence-electron chi connectivity index (χ0n) is 13.3. The number of nitrogens with one attached hydrogen (secondary N) is 1. The molecule has 0 fully saturated rings. The maximum Gasteiger partial charge on any atom is 0.405 e. The summed E-state index contributed by atoms with van der Waals surface area (Å²) < 4.78 is 2.09. The highest BCUT2D eigenvalue weighted by molar-refractivity contribution is 5.77. The van der Waals surface area contributed by atoms with Gasteiger partial charge in [0.2, 0.25) is 0 Å². The largest absolute Gasteiger partial charge is 0.465 e. The zero-order valence-corrected chi connectivity index (χ0v) is 13.3. The Hall–Kier alpha value is -2.04. The van der Waals surface area contributed by atoms with Crippen LogP contribution < -0.4 is 5.32 Å². The second kappa shape index (κ2) is 5.39. The quantitative estimate of drug-likeness (QED) is 0.905. The van der Waals surface area contributed by atoms with E-state index in [1.165, 1.54) is 5.56 Å². The molecule has 21 heavy (non-hydrogen) atoms. The Morgan fingerprint density at radius 3 is 2.62 bits per heavy atom. The third-order valence-electron chi connectivity index (χ3n) is 3.64. The summed E-state index contributed by atoms with van der Waals surface area (Å²) in [5, 5.41) is 11.8. The molecule has 0 aliphatic rings. The number of hydrogen-bond acceptors (Lipinski definition) is 2. The van der Waals surface area contributed by atoms with Gasteiger partial charge in [-0.05, 0) is 37.0 Å². The van der Waals surface area contributed by atoms with Crippen LogP contribution in [0.1, 0.15) is 45.1 Å². The van der Waals surface area contributed by atoms with Crippen molar-refractivity contribution in [1.82, 2.24) is 14.9 Å². The molecular weight excluding hydrogens is 266 g/mol. The lowest BCUT2D eigenvalue weighted by atomic mass is 9.86. The van der Waals surface area contributed by atoms with Crippen LogP contribution in [0.15, 0.2) is 18.2 Å². The fourth-order valence-corrected chi connectivity index (χ4v) is 2.60. The fourth-order valence-electron chi connectivity index (χ4n) is 2.60. The third-order valence-corrected chi connectivity index (χ3v) is 3.64. The number of aryl methyl sites for hydroxylation is 2. The van der Waals surface area contributed by atoms with Gasteiger partial charge >= 0.3 is 6.09 Å². The molecule has 1 aromatic carbocycles. The first kappa shape index (κ1) is 15.4. The Morgan fingerprint density at radius 1 is 1.43 bits per heavy atom. The molecule has 1 unspecified atom stereocenters. The van der Waals surface area contributed by atoms with Crippen molar-refractivity contribution < 1.29 is 9.90 Å². The first-order chi connectivity index (χ1) is 9.74. The van der Waals surface area contributed by atoms with Gasteiger partial charge in [-0.2, -0.15) is 0 Å². The van der Waals surface area contributed by atoms with E-state index in [9.17, 15) is 4.79 Å². The molecular formula is C16H23N3O2. The molecule has 114 valence electrons. The smallest absolute Gasteiger partial charge is 0.405 e. The van der Waals surface area contributed by atoms with Gasteiger partial charge < -0.3 is 15.0 Å². The molecule has 0 aliphatic carbocycles. The molecule has 1 atom stereocenters. The minimum absolute atomic E-state index is 0.262. The molecule has 2 aromatic rings. The predicted molar refractivity (Wildman–Crippen MR) is 83.5 cm³/mol. The van der Waals surface area contributed by atoms with Crippen LogP contribution in [-0.2, 0) is 6.54 Å². The highest BCUT2D eigenvalue weighted by Crippen LogP contribution is 2.34. The minimum Gasteiger partial charge on any atom is -0.465 e. The lowest BCUT2D eigenvalue weighted by molar-refractivity contribution is 0.172. The summed E-state index contributed by atoms with van der Waals surface area (Å²) in [4.78, 5) is 15.8. The Labute approximate surface area is 125 Å². The summed E-state index contributed by atoms with van der Waals surface area (Å²) in [5.74, 6) is 0.771. The highest BCUT2D eigenvalue weighted by atomic mass is 16.4. The number of fused-ring (bicyclic) bond motifs is 1. The van der Waals surface area contributed by atoms with E-state index >= 15 is 0 Å². The van der Waals surface area contributed by atoms with Crippen molar-refractivity contribution in [3.05, 3.63) is 29.6 Å². The van der Waals surface area contributed by atoms with Gasteiger partial charge in [-0.25, -0.2) is 9.78 Å². The second-order valence-corrected chi connectivity index (χ2v) is 6.45. The Balaban J connectivity index is 2.64. The van der Waals surface area contributed by atoms with Gasteiger partial charge in [0.1, 0.15) is 5.82 Å². The molecule has 1 heterocycles. The van der Waals surface area contributed by atoms with Crippen LogP contribution in [0.3, 0.4) is 0 Å². The van der Waals surface area contributed by atoms with Crippen molar-refractivity contribution in [2.75, 3.05) is 0 Å². The summed E-state index contributed by atoms with van der Waals surface area (Å²) in [6.45, 7) is 10.9. The van der Waals surface area contributed by atoms with Crippen LogP contribution in [0, 0.1) is 12.3 Å². The van der Waals surface area contributed by atoms with Crippen LogP contribution in [0.25, 0.3) is 11.0 Å². The number of hydrogen-bond donors (Lipinski definition) is 2. The van der Waals surface area contributed by atoms with Crippen LogP contribution in [0.5, 0.6) is 0 Å². The van der Waals surface area contributed by atoms with Crippen LogP contribution in [-0.4, -0.2) is 20.8 Å². The monoisotopic (exact) mass is 289 g/mol. The molecule has 1 aromatic heterocycles. The normalized spacial score (nSPS) is 13.4. The molecule has 0 radical (unpaired) electrons. The number of benzene rings is 1. The zero-order chi connectivity index (χ0) is 15.8. The Kier molecular flexibility index (Phi) is 3.94. The number of aromatic nitrogens is 2. The third kappa shape index (κ3) is 3.01. The molecule has 0 saturated carbocycles. The maximum absolute atomic E-state index is 11.2. The topological polar surface area (TPSA) is 67.2 Å². The van der Waals surface area contributed by atoms with Gasteiger partial charge in [-0.1, -0.05) is 26.8 Å². The van der Waals surface area contributed by atoms with E-state index in [2.05, 4.69) is 20.9 Å². The average molecular weight is 289 g/mol. The summed E-state index contributed by atoms with van der Waals surface area (Å²) in [6.07, 6.45) is -1.03. The maximum atomic E-state index is 11.2. The lowest BCUT2D eigenvalue weighted by Gasteiger charge is -2.30. The second-order valence-electron chi connectivity index (χ2n) is 6.45. The summed E-state index contributed by atoms with van der Waals surface area (Å²) >= 11 is 0. The van der Waals surface area contributed by atoms with E-state index in [0.717, 1.165) is 23.4 Å². The van der Waals surface area contributed by atoms with Gasteiger partial charge in [-0.3, -0.25) is 0 Å². The van der Waals surface area contributed by atoms with E-state index in [0.29, 0.717) is 0 Å². The summed E-state index contributed by atoms with van der Waals surface area (Å²) in [7, 11) is 0. The number of rotatable bonds is 3. The van der Waals surface area contributed by atoms with Crippen LogP contribution in [0.4, 0.5) is 4.79 Å². The van der Waals surface area contributed by atoms with Gasteiger partial charge in [0.05, 0.1) is 17.1 Å². The molecule has 2 rings (SSSR count). The van der Waals surface area contributed by atoms with Crippen molar-refractivity contribution in [1.29, 1.82) is 0 Å². The van der Waals surface area contributed by atoms with Gasteiger partial charge in [0.15, 0.2) is 0 Å². The fraction of sp³-hybridized carbons (Fsp3) is 0.500. The van der Waals surface area contributed by atoms with Crippen LogP contribution in [0.2, 0.25) is 0 Å². The summed E-state index contributed by atoms with van der Waals surface area (Å²) in [5.41, 5.74) is 2.86. The standard InChI is InChI=1S/C16H23N3O2/c1-6-19-12-9-10(2)7-8-11(12)17-14(19)13(16(3,4)5)18-15(20)21/h7-9,13,18H,6H2,1-5H3,(H,20,21). The molecule has 5 nitrogen and oxygen atoms in total. The highest BCUT2D eigenvalue weighted by Gasteiger charge is 2.32. The number of amides is 1. The average Bonchev–Trinajstić information content (AvgIpc) is 2.71. The van der Waals surface area contributed by atoms with Crippen molar-refractivity contribution in [2.45, 2.75) is 47.2 Å². The molecule has 1 amide bonds. The van der Waals surface area contributed by atoms with Gasteiger partial charge in [0, 0.05) is 6.54 Å². The number of carboxylic acid groups (broad SMARTS) is 1. The lowest BCUT2D eigenvalue weighted by Crippen LogP contribution is -2.37. The number of imidazole rings is 1. The van der Waals surface area contributed by atoms with E-state index in [1.807, 2.05) is 46.8 Å². The van der Waals surface area contributed by atoms with E-state index < -0.39 is 6.09 Å². The molecule has 5 heteroatoms. The number of nitrogens with zero attached hydrogens (tertiary/aromatic N) is 2. The van der Waals surface area contributed by atoms with E-state index in [1.54, 1.807) is 0 Å². The first-order valence-corrected chi connectivity index (χ1v) is 7.20. The predicted octanol–water partition coefficient (Wildman–Crippen LogP) is 3.72. The Morgan fingerprint density at radius 2 is 2.10 bits per heavy atom. The van der Waals surface area contributed by atoms with Crippen molar-refractivity contribution in [3.63, 3.8) is 0 Å². The van der Waals surface area contributed by atoms with E-state index in [4.69, 9.17) is 5.11 Å². The van der Waals surface area contributed by atoms with Crippen molar-refractivity contribution in [3.8, 4) is 0 Å².